The zero-order valence-electron chi connectivity index (χ0n) is 11.7. The number of anilines is 3. The van der Waals surface area contributed by atoms with Crippen molar-refractivity contribution < 1.29 is 13.2 Å². The molecule has 0 unspecified atom stereocenters. The number of sulfonamides is 1. The number of carbonyl (C=O) groups excluding carboxylic acids is 1. The number of nitrogens with one attached hydrogen (secondary N) is 3. The lowest BCUT2D eigenvalue weighted by molar-refractivity contribution is 0.262. The van der Waals surface area contributed by atoms with Crippen LogP contribution in [0.1, 0.15) is 5.56 Å². The zero-order chi connectivity index (χ0) is 17.5. The highest BCUT2D eigenvalue weighted by Gasteiger charge is 2.29. The highest BCUT2D eigenvalue weighted by Crippen LogP contribution is 2.37. The third-order valence-corrected chi connectivity index (χ3v) is 5.50. The first-order valence-corrected chi connectivity index (χ1v) is 9.25. The van der Waals surface area contributed by atoms with Crippen LogP contribution < -0.4 is 15.4 Å². The lowest BCUT2D eigenvalue weighted by Crippen LogP contribution is -2.20. The number of halogens is 3. The summed E-state index contributed by atoms with van der Waals surface area (Å²) in [6.07, 6.45) is 1.26. The van der Waals surface area contributed by atoms with E-state index in [2.05, 4.69) is 20.3 Å². The van der Waals surface area contributed by atoms with Gasteiger partial charge in [-0.1, -0.05) is 40.9 Å². The third-order valence-electron chi connectivity index (χ3n) is 3.17. The van der Waals surface area contributed by atoms with Crippen molar-refractivity contribution in [2.75, 3.05) is 15.4 Å². The Morgan fingerprint density at radius 2 is 1.88 bits per heavy atom. The Balaban J connectivity index is 1.84. The maximum absolute atomic E-state index is 12.1. The van der Waals surface area contributed by atoms with Crippen LogP contribution in [0.3, 0.4) is 0 Å². The number of rotatable bonds is 2. The Hall–Kier alpha value is -1.74. The van der Waals surface area contributed by atoms with Gasteiger partial charge < -0.3 is 10.6 Å². The largest absolute Gasteiger partial charge is 0.323 e. The molecule has 1 aromatic heterocycles. The van der Waals surface area contributed by atoms with E-state index in [-0.39, 0.29) is 32.3 Å². The number of amides is 2. The second kappa shape index (κ2) is 6.29. The molecule has 0 fully saturated rings. The molecule has 0 atom stereocenters. The first-order valence-electron chi connectivity index (χ1n) is 6.47. The quantitative estimate of drug-likeness (QED) is 0.656. The van der Waals surface area contributed by atoms with Gasteiger partial charge in [-0.3, -0.25) is 4.72 Å². The molecule has 24 heavy (non-hydrogen) atoms. The SMILES string of the molecule is O=C(Nc1cccc(Cl)c1Cl)Nc1cnc(Cl)c2c1NS(=O)(=O)C2. The van der Waals surface area contributed by atoms with E-state index in [1.54, 1.807) is 18.2 Å². The van der Waals surface area contributed by atoms with Crippen molar-refractivity contribution in [3.63, 3.8) is 0 Å². The van der Waals surface area contributed by atoms with Crippen molar-refractivity contribution in [1.29, 1.82) is 0 Å². The van der Waals surface area contributed by atoms with Gasteiger partial charge >= 0.3 is 6.03 Å². The van der Waals surface area contributed by atoms with Crippen molar-refractivity contribution in [3.05, 3.63) is 45.2 Å². The average molecular weight is 408 g/mol. The van der Waals surface area contributed by atoms with E-state index in [4.69, 9.17) is 34.8 Å². The van der Waals surface area contributed by atoms with Gasteiger partial charge in [-0.15, -0.1) is 0 Å². The number of pyridine rings is 1. The van der Waals surface area contributed by atoms with Crippen LogP contribution in [0.25, 0.3) is 0 Å². The lowest BCUT2D eigenvalue weighted by atomic mass is 10.2. The molecule has 7 nitrogen and oxygen atoms in total. The molecule has 0 saturated heterocycles. The summed E-state index contributed by atoms with van der Waals surface area (Å²) in [6.45, 7) is 0. The molecule has 3 rings (SSSR count). The maximum atomic E-state index is 12.1. The molecule has 2 heterocycles. The van der Waals surface area contributed by atoms with Gasteiger partial charge in [0.2, 0.25) is 10.0 Å². The summed E-state index contributed by atoms with van der Waals surface area (Å²) in [5, 5.41) is 5.56. The van der Waals surface area contributed by atoms with E-state index in [1.807, 2.05) is 0 Å². The minimum atomic E-state index is -3.54. The second-order valence-electron chi connectivity index (χ2n) is 4.86. The summed E-state index contributed by atoms with van der Waals surface area (Å²) in [4.78, 5) is 16.0. The molecule has 1 aromatic carbocycles. The number of nitrogens with zero attached hydrogens (tertiary/aromatic N) is 1. The second-order valence-corrected chi connectivity index (χ2v) is 7.72. The van der Waals surface area contributed by atoms with Crippen LogP contribution in [0.15, 0.2) is 24.4 Å². The lowest BCUT2D eigenvalue weighted by Gasteiger charge is -2.12. The minimum absolute atomic E-state index is 0.0578. The molecule has 1 aliphatic heterocycles. The van der Waals surface area contributed by atoms with Gasteiger partial charge in [0.05, 0.1) is 39.1 Å². The number of carbonyl (C=O) groups is 1. The Bertz CT molecular complexity index is 950. The molecule has 2 aromatic rings. The van der Waals surface area contributed by atoms with Crippen molar-refractivity contribution in [1.82, 2.24) is 4.98 Å². The van der Waals surface area contributed by atoms with E-state index < -0.39 is 16.1 Å². The fourth-order valence-corrected chi connectivity index (χ4v) is 4.04. The van der Waals surface area contributed by atoms with Crippen LogP contribution in [0, 0.1) is 0 Å². The van der Waals surface area contributed by atoms with Crippen molar-refractivity contribution >= 4 is 67.9 Å². The number of aromatic nitrogens is 1. The summed E-state index contributed by atoms with van der Waals surface area (Å²) in [5.74, 6) is -0.300. The Morgan fingerprint density at radius 1 is 1.17 bits per heavy atom. The smallest absolute Gasteiger partial charge is 0.306 e. The molecule has 1 aliphatic rings. The molecule has 126 valence electrons. The van der Waals surface area contributed by atoms with Crippen LogP contribution in [-0.4, -0.2) is 19.4 Å². The Morgan fingerprint density at radius 3 is 2.62 bits per heavy atom. The summed E-state index contributed by atoms with van der Waals surface area (Å²) < 4.78 is 25.7. The van der Waals surface area contributed by atoms with Gasteiger partial charge in [-0.05, 0) is 12.1 Å². The molecule has 2 amide bonds. The Kier molecular flexibility index (Phi) is 4.48. The van der Waals surface area contributed by atoms with E-state index in [9.17, 15) is 13.2 Å². The van der Waals surface area contributed by atoms with Gasteiger partial charge in [-0.2, -0.15) is 0 Å². The van der Waals surface area contributed by atoms with Gasteiger partial charge in [0, 0.05) is 5.56 Å². The zero-order valence-corrected chi connectivity index (χ0v) is 14.8. The molecule has 0 aliphatic carbocycles. The van der Waals surface area contributed by atoms with Gasteiger partial charge in [0.1, 0.15) is 5.15 Å². The molecular weight excluding hydrogens is 399 g/mol. The summed E-state index contributed by atoms with van der Waals surface area (Å²) in [6, 6.07) is 4.13. The number of fused-ring (bicyclic) bond motifs is 1. The topological polar surface area (TPSA) is 100 Å². The third kappa shape index (κ3) is 3.36. The predicted molar refractivity (Wildman–Crippen MR) is 94.6 cm³/mol. The molecular formula is C13H9Cl3N4O3S. The normalized spacial score (nSPS) is 14.6. The van der Waals surface area contributed by atoms with Crippen LogP contribution in [-0.2, 0) is 15.8 Å². The van der Waals surface area contributed by atoms with Gasteiger partial charge in [0.15, 0.2) is 0 Å². The van der Waals surface area contributed by atoms with E-state index in [0.717, 1.165) is 0 Å². The van der Waals surface area contributed by atoms with Crippen LogP contribution in [0.2, 0.25) is 15.2 Å². The number of hydrogen-bond donors (Lipinski definition) is 3. The molecule has 11 heteroatoms. The van der Waals surface area contributed by atoms with Crippen LogP contribution >= 0.6 is 34.8 Å². The molecule has 3 N–H and O–H groups in total. The molecule has 0 bridgehead atoms. The van der Waals surface area contributed by atoms with E-state index in [1.165, 1.54) is 6.20 Å². The minimum Gasteiger partial charge on any atom is -0.306 e. The number of hydrogen-bond acceptors (Lipinski definition) is 4. The standard InChI is InChI=1S/C13H9Cl3N4O3S/c14-7-2-1-3-8(10(7)15)18-13(21)19-9-4-17-12(16)6-5-24(22,23)20-11(6)9/h1-4,20H,5H2,(H2,18,19,21). The average Bonchev–Trinajstić information content (AvgIpc) is 2.83. The number of urea groups is 1. The van der Waals surface area contributed by atoms with Crippen molar-refractivity contribution in [2.45, 2.75) is 5.75 Å². The summed E-state index contributed by atoms with van der Waals surface area (Å²) in [5.41, 5.74) is 0.976. The number of benzene rings is 1. The van der Waals surface area contributed by atoms with Crippen LogP contribution in [0.4, 0.5) is 21.9 Å². The van der Waals surface area contributed by atoms with Crippen molar-refractivity contribution in [3.8, 4) is 0 Å². The van der Waals surface area contributed by atoms with Crippen molar-refractivity contribution in [2.24, 2.45) is 0 Å². The summed E-state index contributed by atoms with van der Waals surface area (Å²) in [7, 11) is -3.54. The van der Waals surface area contributed by atoms with Crippen LogP contribution in [0.5, 0.6) is 0 Å². The Labute approximate surface area is 152 Å². The fraction of sp³-hybridized carbons (Fsp3) is 0.0769. The first kappa shape index (κ1) is 17.1. The highest BCUT2D eigenvalue weighted by molar-refractivity contribution is 7.92. The highest BCUT2D eigenvalue weighted by atomic mass is 35.5. The monoisotopic (exact) mass is 406 g/mol. The molecule has 0 radical (unpaired) electrons. The van der Waals surface area contributed by atoms with Gasteiger partial charge in [0.25, 0.3) is 0 Å². The first-order chi connectivity index (χ1) is 11.3. The van der Waals surface area contributed by atoms with E-state index in [0.29, 0.717) is 11.3 Å². The van der Waals surface area contributed by atoms with Gasteiger partial charge in [-0.25, -0.2) is 18.2 Å². The molecule has 0 spiro atoms. The van der Waals surface area contributed by atoms with E-state index >= 15 is 0 Å². The maximum Gasteiger partial charge on any atom is 0.323 e. The predicted octanol–water partition coefficient (Wildman–Crippen LogP) is 3.94. The molecule has 0 saturated carbocycles. The fourth-order valence-electron chi connectivity index (χ4n) is 2.13. The summed E-state index contributed by atoms with van der Waals surface area (Å²) >= 11 is 17.8.